The van der Waals surface area contributed by atoms with Crippen LogP contribution in [0.25, 0.3) is 11.3 Å². The summed E-state index contributed by atoms with van der Waals surface area (Å²) >= 11 is 3.35. The number of benzene rings is 1. The van der Waals surface area contributed by atoms with Crippen molar-refractivity contribution in [1.82, 2.24) is 4.98 Å². The highest BCUT2D eigenvalue weighted by Crippen LogP contribution is 2.46. The molecule has 0 aliphatic carbocycles. The van der Waals surface area contributed by atoms with Crippen LogP contribution in [-0.2, 0) is 11.2 Å². The summed E-state index contributed by atoms with van der Waals surface area (Å²) in [7, 11) is 0. The smallest absolute Gasteiger partial charge is 0.237 e. The molecule has 0 unspecified atom stereocenters. The third kappa shape index (κ3) is 2.21. The Morgan fingerprint density at radius 2 is 2.23 bits per heavy atom. The maximum atomic E-state index is 12.3. The number of para-hydroxylation sites is 1. The predicted octanol–water partition coefficient (Wildman–Crippen LogP) is 3.63. The first-order valence-corrected chi connectivity index (χ1v) is 9.26. The molecule has 0 bridgehead atoms. The summed E-state index contributed by atoms with van der Waals surface area (Å²) < 4.78 is 0. The molecule has 4 nitrogen and oxygen atoms in total. The molecule has 4 rings (SSSR count). The van der Waals surface area contributed by atoms with Crippen LogP contribution in [0.2, 0.25) is 0 Å². The lowest BCUT2D eigenvalue weighted by atomic mass is 10.1. The van der Waals surface area contributed by atoms with Gasteiger partial charge in [0.25, 0.3) is 0 Å². The lowest BCUT2D eigenvalue weighted by Crippen LogP contribution is -2.36. The molecule has 1 aromatic carbocycles. The minimum Gasteiger partial charge on any atom is -0.359 e. The number of thioether (sulfide) groups is 1. The SMILES string of the molecule is CC(C)Nc1nc2c(s1)CCN1C(=O)CSc3cccc-2c31. The largest absolute Gasteiger partial charge is 0.359 e. The molecule has 1 aromatic heterocycles. The highest BCUT2D eigenvalue weighted by Gasteiger charge is 2.32. The third-order valence-corrected chi connectivity index (χ3v) is 5.93. The van der Waals surface area contributed by atoms with E-state index in [1.807, 2.05) is 4.90 Å². The molecule has 0 saturated carbocycles. The molecule has 0 fully saturated rings. The van der Waals surface area contributed by atoms with E-state index in [2.05, 4.69) is 37.4 Å². The van der Waals surface area contributed by atoms with Gasteiger partial charge in [-0.05, 0) is 19.9 Å². The quantitative estimate of drug-likeness (QED) is 0.913. The second-order valence-electron chi connectivity index (χ2n) is 5.83. The number of hydrogen-bond donors (Lipinski definition) is 1. The topological polar surface area (TPSA) is 45.2 Å². The second-order valence-corrected chi connectivity index (χ2v) is 7.93. The van der Waals surface area contributed by atoms with Gasteiger partial charge in [0.2, 0.25) is 5.91 Å². The van der Waals surface area contributed by atoms with Crippen molar-refractivity contribution in [2.75, 3.05) is 22.5 Å². The first-order chi connectivity index (χ1) is 10.6. The maximum Gasteiger partial charge on any atom is 0.237 e. The number of amides is 1. The van der Waals surface area contributed by atoms with Gasteiger partial charge in [0.05, 0.1) is 17.1 Å². The van der Waals surface area contributed by atoms with Crippen molar-refractivity contribution in [1.29, 1.82) is 0 Å². The summed E-state index contributed by atoms with van der Waals surface area (Å²) in [5.41, 5.74) is 3.20. The average Bonchev–Trinajstić information content (AvgIpc) is 2.80. The first-order valence-electron chi connectivity index (χ1n) is 7.46. The van der Waals surface area contributed by atoms with Gasteiger partial charge >= 0.3 is 0 Å². The monoisotopic (exact) mass is 331 g/mol. The van der Waals surface area contributed by atoms with Crippen molar-refractivity contribution in [2.45, 2.75) is 31.2 Å². The Morgan fingerprint density at radius 3 is 3.05 bits per heavy atom. The van der Waals surface area contributed by atoms with Crippen molar-refractivity contribution in [3.8, 4) is 11.3 Å². The number of aromatic nitrogens is 1. The van der Waals surface area contributed by atoms with Crippen molar-refractivity contribution >= 4 is 39.8 Å². The average molecular weight is 331 g/mol. The molecule has 1 amide bonds. The number of thiazole rings is 1. The summed E-state index contributed by atoms with van der Waals surface area (Å²) in [6, 6.07) is 6.63. The fourth-order valence-corrected chi connectivity index (χ4v) is 5.02. The number of hydrogen-bond acceptors (Lipinski definition) is 5. The molecule has 2 aliphatic rings. The van der Waals surface area contributed by atoms with Crippen LogP contribution in [0.3, 0.4) is 0 Å². The zero-order valence-electron chi connectivity index (χ0n) is 12.5. The Labute approximate surface area is 137 Å². The lowest BCUT2D eigenvalue weighted by Gasteiger charge is -2.29. The van der Waals surface area contributed by atoms with Gasteiger partial charge in [0.1, 0.15) is 0 Å². The molecule has 22 heavy (non-hydrogen) atoms. The summed E-state index contributed by atoms with van der Waals surface area (Å²) in [6.45, 7) is 4.99. The van der Waals surface area contributed by atoms with Crippen molar-refractivity contribution in [3.05, 3.63) is 23.1 Å². The zero-order chi connectivity index (χ0) is 15.3. The Bertz CT molecular complexity index is 754. The van der Waals surface area contributed by atoms with E-state index in [-0.39, 0.29) is 5.91 Å². The van der Waals surface area contributed by atoms with E-state index in [4.69, 9.17) is 4.98 Å². The molecule has 2 aliphatic heterocycles. The van der Waals surface area contributed by atoms with E-state index < -0.39 is 0 Å². The predicted molar refractivity (Wildman–Crippen MR) is 93.1 cm³/mol. The number of anilines is 2. The minimum absolute atomic E-state index is 0.209. The summed E-state index contributed by atoms with van der Waals surface area (Å²) in [5.74, 6) is 0.748. The Balaban J connectivity index is 1.87. The van der Waals surface area contributed by atoms with E-state index in [9.17, 15) is 4.79 Å². The van der Waals surface area contributed by atoms with Crippen molar-refractivity contribution in [3.63, 3.8) is 0 Å². The summed E-state index contributed by atoms with van der Waals surface area (Å²) in [5, 5.41) is 4.37. The highest BCUT2D eigenvalue weighted by atomic mass is 32.2. The van der Waals surface area contributed by atoms with Gasteiger partial charge in [-0.1, -0.05) is 12.1 Å². The maximum absolute atomic E-state index is 12.3. The lowest BCUT2D eigenvalue weighted by molar-refractivity contribution is -0.116. The van der Waals surface area contributed by atoms with Crippen molar-refractivity contribution in [2.24, 2.45) is 0 Å². The second kappa shape index (κ2) is 5.28. The molecular formula is C16H17N3OS2. The standard InChI is InChI=1S/C16H17N3OS2/c1-9(2)17-16-18-14-10-4-3-5-12-15(10)19(13(20)8-21-12)7-6-11(14)22-16/h3-5,9H,6-8H2,1-2H3,(H,17,18). The molecular weight excluding hydrogens is 314 g/mol. The van der Waals surface area contributed by atoms with E-state index in [0.29, 0.717) is 11.8 Å². The van der Waals surface area contributed by atoms with E-state index in [0.717, 1.165) is 35.0 Å². The number of rotatable bonds is 2. The molecule has 1 N–H and O–H groups in total. The molecule has 114 valence electrons. The fraction of sp³-hybridized carbons (Fsp3) is 0.375. The van der Waals surface area contributed by atoms with Gasteiger partial charge in [-0.2, -0.15) is 0 Å². The van der Waals surface area contributed by atoms with Gasteiger partial charge in [-0.3, -0.25) is 4.79 Å². The molecule has 3 heterocycles. The number of carbonyl (C=O) groups is 1. The zero-order valence-corrected chi connectivity index (χ0v) is 14.2. The van der Waals surface area contributed by atoms with E-state index in [1.165, 1.54) is 9.77 Å². The van der Waals surface area contributed by atoms with Gasteiger partial charge in [0.15, 0.2) is 5.13 Å². The van der Waals surface area contributed by atoms with Gasteiger partial charge < -0.3 is 10.2 Å². The Morgan fingerprint density at radius 1 is 1.36 bits per heavy atom. The van der Waals surface area contributed by atoms with Gasteiger partial charge in [-0.15, -0.1) is 23.1 Å². The Hall–Kier alpha value is -1.53. The molecule has 0 spiro atoms. The number of carbonyl (C=O) groups excluding carboxylic acids is 1. The number of fused-ring (bicyclic) bond motifs is 2. The van der Waals surface area contributed by atoms with Gasteiger partial charge in [-0.25, -0.2) is 4.98 Å². The van der Waals surface area contributed by atoms with E-state index >= 15 is 0 Å². The molecule has 0 saturated heterocycles. The third-order valence-electron chi connectivity index (χ3n) is 3.85. The van der Waals surface area contributed by atoms with Crippen molar-refractivity contribution < 1.29 is 4.79 Å². The van der Waals surface area contributed by atoms with Crippen LogP contribution in [0.4, 0.5) is 10.8 Å². The molecule has 0 radical (unpaired) electrons. The summed E-state index contributed by atoms with van der Waals surface area (Å²) in [4.78, 5) is 21.5. The van der Waals surface area contributed by atoms with Crippen LogP contribution in [0.1, 0.15) is 18.7 Å². The van der Waals surface area contributed by atoms with E-state index in [1.54, 1.807) is 23.1 Å². The van der Waals surface area contributed by atoms with Crippen LogP contribution in [-0.4, -0.2) is 29.2 Å². The number of nitrogens with one attached hydrogen (secondary N) is 1. The van der Waals surface area contributed by atoms with Crippen LogP contribution < -0.4 is 10.2 Å². The Kier molecular flexibility index (Phi) is 3.38. The first kappa shape index (κ1) is 14.1. The molecule has 6 heteroatoms. The van der Waals surface area contributed by atoms with Crippen LogP contribution in [0, 0.1) is 0 Å². The molecule has 2 aromatic rings. The minimum atomic E-state index is 0.209. The number of nitrogens with zero attached hydrogens (tertiary/aromatic N) is 2. The van der Waals surface area contributed by atoms with Crippen LogP contribution in [0.15, 0.2) is 23.1 Å². The fourth-order valence-electron chi connectivity index (χ4n) is 2.94. The molecule has 0 atom stereocenters. The van der Waals surface area contributed by atoms with Crippen LogP contribution >= 0.6 is 23.1 Å². The van der Waals surface area contributed by atoms with Gasteiger partial charge in [0, 0.05) is 34.3 Å². The van der Waals surface area contributed by atoms with Crippen LogP contribution in [0.5, 0.6) is 0 Å². The summed E-state index contributed by atoms with van der Waals surface area (Å²) in [6.07, 6.45) is 0.872. The highest BCUT2D eigenvalue weighted by molar-refractivity contribution is 8.00. The normalized spacial score (nSPS) is 16.3.